The lowest BCUT2D eigenvalue weighted by molar-refractivity contribution is -0.136. The molecule has 0 saturated carbocycles. The van der Waals surface area contributed by atoms with Crippen molar-refractivity contribution in [3.8, 4) is 0 Å². The second kappa shape index (κ2) is 9.97. The Hall–Kier alpha value is -0.220. The van der Waals surface area contributed by atoms with E-state index >= 15 is 0 Å². The average molecular weight is 261 g/mol. The van der Waals surface area contributed by atoms with Crippen molar-refractivity contribution >= 4 is 14.8 Å². The van der Waals surface area contributed by atoms with Gasteiger partial charge in [0.05, 0.1) is 6.61 Å². The number of aldehydes is 1. The largest absolute Gasteiger partial charge is 0.394 e. The van der Waals surface area contributed by atoms with Gasteiger partial charge < -0.3 is 40.1 Å². The molecule has 98 valence electrons. The number of hydrogen-bond donors (Lipinski definition) is 8. The van der Waals surface area contributed by atoms with Gasteiger partial charge in [-0.1, -0.05) is 0 Å². The zero-order chi connectivity index (χ0) is 13.3. The van der Waals surface area contributed by atoms with E-state index in [1.54, 1.807) is 0 Å². The second-order valence-corrected chi connectivity index (χ2v) is 3.32. The maximum Gasteiger partial charge on any atom is 0.247 e. The molecule has 0 aliphatic rings. The third kappa shape index (κ3) is 9.04. The Labute approximate surface area is 92.4 Å². The summed E-state index contributed by atoms with van der Waals surface area (Å²) in [6.45, 7) is -0.760. The Morgan fingerprint density at radius 3 is 1.75 bits per heavy atom. The molecule has 4 unspecified atom stereocenters. The molecule has 0 aromatic heterocycles. The molecule has 0 aliphatic heterocycles. The Kier molecular flexibility index (Phi) is 11.3. The number of nitrogens with two attached hydrogens (primary N) is 1. The van der Waals surface area contributed by atoms with Gasteiger partial charge in [0.1, 0.15) is 24.4 Å². The predicted octanol–water partition coefficient (Wildman–Crippen LogP) is -4.22. The van der Waals surface area contributed by atoms with Crippen LogP contribution in [-0.4, -0.2) is 72.6 Å². The molecule has 0 heterocycles. The van der Waals surface area contributed by atoms with Crippen molar-refractivity contribution in [1.82, 2.24) is 0 Å². The fraction of sp³-hybridized carbons (Fsp3) is 0.833. The predicted molar refractivity (Wildman–Crippen MR) is 52.7 cm³/mol. The van der Waals surface area contributed by atoms with E-state index in [9.17, 15) is 4.79 Å². The van der Waals surface area contributed by atoms with Gasteiger partial charge in [0, 0.05) is 0 Å². The van der Waals surface area contributed by atoms with Gasteiger partial charge in [-0.15, -0.1) is 0 Å². The molecule has 0 bridgehead atoms. The van der Waals surface area contributed by atoms with Crippen molar-refractivity contribution < 1.29 is 40.1 Å². The van der Waals surface area contributed by atoms with Crippen molar-refractivity contribution in [2.75, 3.05) is 6.61 Å². The summed E-state index contributed by atoms with van der Waals surface area (Å²) >= 11 is 0. The van der Waals surface area contributed by atoms with E-state index < -0.39 is 39.5 Å². The highest BCUT2D eigenvalue weighted by Crippen LogP contribution is 2.05. The maximum absolute atomic E-state index is 9.90. The quantitative estimate of drug-likeness (QED) is 0.179. The van der Waals surface area contributed by atoms with E-state index in [2.05, 4.69) is 5.50 Å². The Morgan fingerprint density at radius 1 is 1.12 bits per heavy atom. The van der Waals surface area contributed by atoms with Gasteiger partial charge >= 0.3 is 0 Å². The van der Waals surface area contributed by atoms with E-state index in [0.717, 1.165) is 0 Å². The van der Waals surface area contributed by atoms with Crippen LogP contribution in [0, 0.1) is 0 Å². The number of aliphatic hydroxyl groups is 5. The molecular formula is C6H16NO8P. The summed E-state index contributed by atoms with van der Waals surface area (Å²) in [6, 6.07) is 0. The summed E-state index contributed by atoms with van der Waals surface area (Å²) in [5, 5.41) is 43.5. The molecule has 0 aliphatic carbocycles. The van der Waals surface area contributed by atoms with E-state index in [1.165, 1.54) is 0 Å². The number of aliphatic hydroxyl groups excluding tert-OH is 5. The third-order valence-corrected chi connectivity index (χ3v) is 1.42. The van der Waals surface area contributed by atoms with Crippen molar-refractivity contribution in [2.45, 2.75) is 24.4 Å². The van der Waals surface area contributed by atoms with Gasteiger partial charge in [-0.25, -0.2) is 0 Å². The number of carbonyl (C=O) groups excluding carboxylic acids is 1. The van der Waals surface area contributed by atoms with Crippen molar-refractivity contribution in [1.29, 1.82) is 0 Å². The van der Waals surface area contributed by atoms with Gasteiger partial charge in [-0.3, -0.25) is 5.50 Å². The molecule has 0 radical (unpaired) electrons. The molecule has 16 heavy (non-hydrogen) atoms. The number of hydrogen-bond acceptors (Lipinski definition) is 9. The van der Waals surface area contributed by atoms with Crippen molar-refractivity contribution in [2.24, 2.45) is 5.50 Å². The highest BCUT2D eigenvalue weighted by molar-refractivity contribution is 7.42. The van der Waals surface area contributed by atoms with Crippen LogP contribution in [0.5, 0.6) is 0 Å². The Morgan fingerprint density at radius 2 is 1.50 bits per heavy atom. The average Bonchev–Trinajstić information content (AvgIpc) is 2.24. The summed E-state index contributed by atoms with van der Waals surface area (Å²) in [5.41, 5.74) is 4.29. The molecule has 0 fully saturated rings. The maximum atomic E-state index is 9.90. The van der Waals surface area contributed by atoms with Crippen LogP contribution >= 0.6 is 8.53 Å². The standard InChI is InChI=1S/C6H12O6.H4NO2P/c7-1-3(9)5(11)6(12)4(10)2-8;1-4(2)3/h1,3-6,8-12H,2H2;2-3H,1H2. The van der Waals surface area contributed by atoms with Crippen LogP contribution in [0.2, 0.25) is 0 Å². The summed E-state index contributed by atoms with van der Waals surface area (Å²) < 4.78 is 0. The highest BCUT2D eigenvalue weighted by atomic mass is 31.2. The normalized spacial score (nSPS) is 18.1. The minimum Gasteiger partial charge on any atom is -0.394 e. The van der Waals surface area contributed by atoms with Crippen LogP contribution in [0.25, 0.3) is 0 Å². The summed E-state index contributed by atoms with van der Waals surface area (Å²) in [4.78, 5) is 24.8. The van der Waals surface area contributed by atoms with E-state index in [4.69, 9.17) is 35.3 Å². The lowest BCUT2D eigenvalue weighted by atomic mass is 10.0. The third-order valence-electron chi connectivity index (χ3n) is 1.42. The first-order valence-electron chi connectivity index (χ1n) is 3.98. The molecule has 10 heteroatoms. The second-order valence-electron chi connectivity index (χ2n) is 2.68. The van der Waals surface area contributed by atoms with Gasteiger partial charge in [0.2, 0.25) is 8.53 Å². The first-order chi connectivity index (χ1) is 7.27. The van der Waals surface area contributed by atoms with E-state index in [1.807, 2.05) is 0 Å². The monoisotopic (exact) mass is 261 g/mol. The molecule has 4 atom stereocenters. The zero-order valence-corrected chi connectivity index (χ0v) is 9.05. The summed E-state index contributed by atoms with van der Waals surface area (Å²) in [5.74, 6) is 0. The smallest absolute Gasteiger partial charge is 0.247 e. The van der Waals surface area contributed by atoms with Crippen molar-refractivity contribution in [3.63, 3.8) is 0 Å². The molecule has 9 nitrogen and oxygen atoms in total. The Bertz CT molecular complexity index is 179. The van der Waals surface area contributed by atoms with Gasteiger partial charge in [0.15, 0.2) is 6.29 Å². The van der Waals surface area contributed by atoms with Crippen LogP contribution in [0.4, 0.5) is 0 Å². The summed E-state index contributed by atoms with van der Waals surface area (Å²) in [6.07, 6.45) is -6.84. The number of carbonyl (C=O) groups is 1. The van der Waals surface area contributed by atoms with E-state index in [0.29, 0.717) is 0 Å². The van der Waals surface area contributed by atoms with Crippen LogP contribution in [-0.2, 0) is 4.79 Å². The van der Waals surface area contributed by atoms with Crippen LogP contribution < -0.4 is 5.50 Å². The SMILES string of the molecule is NP(O)O.O=CC(O)C(O)C(O)C(O)CO. The minimum absolute atomic E-state index is 0.0258. The lowest BCUT2D eigenvalue weighted by Gasteiger charge is -2.22. The Balaban J connectivity index is 0. The first-order valence-corrected chi connectivity index (χ1v) is 5.30. The fourth-order valence-electron chi connectivity index (χ4n) is 0.618. The van der Waals surface area contributed by atoms with Gasteiger partial charge in [-0.05, 0) is 0 Å². The van der Waals surface area contributed by atoms with Crippen molar-refractivity contribution in [3.05, 3.63) is 0 Å². The molecule has 0 aromatic rings. The molecular weight excluding hydrogens is 245 g/mol. The highest BCUT2D eigenvalue weighted by Gasteiger charge is 2.29. The van der Waals surface area contributed by atoms with Gasteiger partial charge in [0.25, 0.3) is 0 Å². The molecule has 0 rings (SSSR count). The first kappa shape index (κ1) is 18.2. The number of rotatable bonds is 5. The minimum atomic E-state index is -2.12. The summed E-state index contributed by atoms with van der Waals surface area (Å²) in [7, 11) is -2.12. The van der Waals surface area contributed by atoms with E-state index in [-0.39, 0.29) is 6.29 Å². The fourth-order valence-corrected chi connectivity index (χ4v) is 0.618. The van der Waals surface area contributed by atoms with Gasteiger partial charge in [-0.2, -0.15) is 0 Å². The topological polar surface area (TPSA) is 185 Å². The lowest BCUT2D eigenvalue weighted by Crippen LogP contribution is -2.46. The zero-order valence-electron chi connectivity index (χ0n) is 8.16. The van der Waals surface area contributed by atoms with Crippen LogP contribution in [0.15, 0.2) is 0 Å². The molecule has 0 spiro atoms. The molecule has 0 saturated heterocycles. The molecule has 0 amide bonds. The molecule has 9 N–H and O–H groups in total. The van der Waals surface area contributed by atoms with Crippen LogP contribution in [0.1, 0.15) is 0 Å². The molecule has 0 aromatic carbocycles. The van der Waals surface area contributed by atoms with Crippen LogP contribution in [0.3, 0.4) is 0 Å².